The van der Waals surface area contributed by atoms with Gasteiger partial charge >= 0.3 is 0 Å². The van der Waals surface area contributed by atoms with Gasteiger partial charge in [-0.05, 0) is 38.1 Å². The van der Waals surface area contributed by atoms with Gasteiger partial charge in [0.2, 0.25) is 5.88 Å². The summed E-state index contributed by atoms with van der Waals surface area (Å²) in [7, 11) is 0. The van der Waals surface area contributed by atoms with Crippen LogP contribution in [0.1, 0.15) is 22.2 Å². The largest absolute Gasteiger partial charge is 0.437 e. The Labute approximate surface area is 130 Å². The van der Waals surface area contributed by atoms with E-state index in [-0.39, 0.29) is 5.78 Å². The van der Waals surface area contributed by atoms with E-state index in [1.165, 1.54) is 13.3 Å². The fourth-order valence-corrected chi connectivity index (χ4v) is 3.00. The number of ketones is 1. The molecule has 106 valence electrons. The zero-order valence-corrected chi connectivity index (χ0v) is 13.0. The van der Waals surface area contributed by atoms with E-state index in [1.54, 1.807) is 29.5 Å². The number of hydrogen-bond acceptors (Lipinski definition) is 5. The summed E-state index contributed by atoms with van der Waals surface area (Å²) in [4.78, 5) is 21.7. The molecule has 0 aliphatic heterocycles. The number of hydrogen-bond donors (Lipinski definition) is 0. The van der Waals surface area contributed by atoms with E-state index in [0.29, 0.717) is 22.2 Å². The molecular weight excluding hydrogens is 308 g/mol. The predicted molar refractivity (Wildman–Crippen MR) is 83.7 cm³/mol. The summed E-state index contributed by atoms with van der Waals surface area (Å²) in [5.41, 5.74) is 0.548. The molecule has 1 aromatic carbocycles. The van der Waals surface area contributed by atoms with Gasteiger partial charge in [0.1, 0.15) is 16.9 Å². The van der Waals surface area contributed by atoms with Crippen LogP contribution in [-0.2, 0) is 0 Å². The average molecular weight is 319 g/mol. The van der Waals surface area contributed by atoms with E-state index >= 15 is 0 Å². The van der Waals surface area contributed by atoms with Gasteiger partial charge in [-0.3, -0.25) is 4.79 Å². The quantitative estimate of drug-likeness (QED) is 0.660. The van der Waals surface area contributed by atoms with Crippen LogP contribution in [0.3, 0.4) is 0 Å². The molecule has 0 saturated carbocycles. The first-order valence-corrected chi connectivity index (χ1v) is 7.43. The molecule has 3 aromatic rings. The maximum absolute atomic E-state index is 11.3. The number of carbonyl (C=O) groups excluding carboxylic acids is 1. The lowest BCUT2D eigenvalue weighted by Gasteiger charge is -2.08. The summed E-state index contributed by atoms with van der Waals surface area (Å²) in [5.74, 6) is 0.883. The third-order valence-electron chi connectivity index (χ3n) is 2.96. The molecule has 2 aromatic heterocycles. The SMILES string of the molecule is CC(=O)c1ccc(Oc2ncnc3sc(C)cc23)c(Cl)c1. The van der Waals surface area contributed by atoms with Crippen LogP contribution in [0.4, 0.5) is 0 Å². The number of fused-ring (bicyclic) bond motifs is 1. The number of carbonyl (C=O) groups is 1. The second-order valence-corrected chi connectivity index (χ2v) is 6.20. The Kier molecular flexibility index (Phi) is 3.61. The predicted octanol–water partition coefficient (Wildman–Crippen LogP) is 4.65. The van der Waals surface area contributed by atoms with Gasteiger partial charge in [-0.25, -0.2) is 9.97 Å². The van der Waals surface area contributed by atoms with Crippen LogP contribution in [0.2, 0.25) is 5.02 Å². The molecule has 0 fully saturated rings. The minimum absolute atomic E-state index is 0.0404. The molecule has 0 radical (unpaired) electrons. The fourth-order valence-electron chi connectivity index (χ4n) is 1.94. The number of halogens is 1. The second kappa shape index (κ2) is 5.42. The minimum Gasteiger partial charge on any atom is -0.437 e. The van der Waals surface area contributed by atoms with E-state index in [9.17, 15) is 4.79 Å². The number of thiophene rings is 1. The normalized spacial score (nSPS) is 10.8. The van der Waals surface area contributed by atoms with Crippen molar-refractivity contribution in [2.24, 2.45) is 0 Å². The molecule has 0 amide bonds. The number of ether oxygens (including phenoxy) is 1. The van der Waals surface area contributed by atoms with Crippen molar-refractivity contribution in [2.45, 2.75) is 13.8 Å². The molecule has 0 N–H and O–H groups in total. The highest BCUT2D eigenvalue weighted by Crippen LogP contribution is 2.34. The second-order valence-electron chi connectivity index (χ2n) is 4.56. The van der Waals surface area contributed by atoms with E-state index in [4.69, 9.17) is 16.3 Å². The topological polar surface area (TPSA) is 52.1 Å². The van der Waals surface area contributed by atoms with Crippen molar-refractivity contribution >= 4 is 38.9 Å². The first kappa shape index (κ1) is 14.0. The Morgan fingerprint density at radius 2 is 2.10 bits per heavy atom. The van der Waals surface area contributed by atoms with Crippen LogP contribution >= 0.6 is 22.9 Å². The van der Waals surface area contributed by atoms with Gasteiger partial charge < -0.3 is 4.74 Å². The number of Topliss-reactive ketones (excluding diaryl/α,β-unsaturated/α-hetero) is 1. The monoisotopic (exact) mass is 318 g/mol. The third kappa shape index (κ3) is 2.75. The summed E-state index contributed by atoms with van der Waals surface area (Å²) in [6.07, 6.45) is 1.46. The lowest BCUT2D eigenvalue weighted by atomic mass is 10.1. The van der Waals surface area contributed by atoms with E-state index in [1.807, 2.05) is 13.0 Å². The Bertz CT molecular complexity index is 845. The molecule has 0 saturated heterocycles. The molecule has 4 nitrogen and oxygen atoms in total. The number of benzene rings is 1. The van der Waals surface area contributed by atoms with Crippen LogP contribution in [0, 0.1) is 6.92 Å². The van der Waals surface area contributed by atoms with Gasteiger partial charge in [-0.1, -0.05) is 11.6 Å². The molecule has 0 aliphatic carbocycles. The Hall–Kier alpha value is -1.98. The van der Waals surface area contributed by atoms with Crippen molar-refractivity contribution < 1.29 is 9.53 Å². The first-order valence-electron chi connectivity index (χ1n) is 6.24. The summed E-state index contributed by atoms with van der Waals surface area (Å²) in [6.45, 7) is 3.50. The standard InChI is InChI=1S/C15H11ClN2O2S/c1-8-5-11-14(17-7-18-15(11)21-8)20-13-4-3-10(9(2)19)6-12(13)16/h3-7H,1-2H3. The van der Waals surface area contributed by atoms with Gasteiger partial charge in [0.25, 0.3) is 0 Å². The molecule has 0 bridgehead atoms. The zero-order valence-electron chi connectivity index (χ0n) is 11.4. The maximum atomic E-state index is 11.3. The summed E-state index contributed by atoms with van der Waals surface area (Å²) in [6, 6.07) is 6.93. The highest BCUT2D eigenvalue weighted by molar-refractivity contribution is 7.18. The first-order chi connectivity index (χ1) is 10.0. The smallest absolute Gasteiger partial charge is 0.231 e. The lowest BCUT2D eigenvalue weighted by Crippen LogP contribution is -1.94. The highest BCUT2D eigenvalue weighted by Gasteiger charge is 2.12. The molecule has 2 heterocycles. The lowest BCUT2D eigenvalue weighted by molar-refractivity contribution is 0.101. The van der Waals surface area contributed by atoms with Crippen LogP contribution in [0.25, 0.3) is 10.2 Å². The minimum atomic E-state index is -0.0404. The summed E-state index contributed by atoms with van der Waals surface area (Å²) < 4.78 is 5.78. The van der Waals surface area contributed by atoms with Crippen molar-refractivity contribution in [3.8, 4) is 11.6 Å². The van der Waals surface area contributed by atoms with E-state index in [0.717, 1.165) is 15.1 Å². The Balaban J connectivity index is 2.00. The van der Waals surface area contributed by atoms with Gasteiger partial charge in [0.15, 0.2) is 5.78 Å². The molecular formula is C15H11ClN2O2S. The fraction of sp³-hybridized carbons (Fsp3) is 0.133. The van der Waals surface area contributed by atoms with Crippen LogP contribution in [0.5, 0.6) is 11.6 Å². The third-order valence-corrected chi connectivity index (χ3v) is 4.21. The number of rotatable bonds is 3. The maximum Gasteiger partial charge on any atom is 0.231 e. The highest BCUT2D eigenvalue weighted by atomic mass is 35.5. The van der Waals surface area contributed by atoms with E-state index < -0.39 is 0 Å². The van der Waals surface area contributed by atoms with E-state index in [2.05, 4.69) is 9.97 Å². The molecule has 0 spiro atoms. The van der Waals surface area contributed by atoms with Crippen molar-refractivity contribution in [3.05, 3.63) is 46.1 Å². The number of aromatic nitrogens is 2. The van der Waals surface area contributed by atoms with Crippen molar-refractivity contribution in [3.63, 3.8) is 0 Å². The van der Waals surface area contributed by atoms with Gasteiger partial charge in [-0.15, -0.1) is 11.3 Å². The average Bonchev–Trinajstić information content (AvgIpc) is 2.82. The number of nitrogens with zero attached hydrogens (tertiary/aromatic N) is 2. The van der Waals surface area contributed by atoms with Crippen molar-refractivity contribution in [1.29, 1.82) is 0 Å². The van der Waals surface area contributed by atoms with Crippen molar-refractivity contribution in [2.75, 3.05) is 0 Å². The summed E-state index contributed by atoms with van der Waals surface area (Å²) >= 11 is 7.74. The molecule has 21 heavy (non-hydrogen) atoms. The van der Waals surface area contributed by atoms with Crippen LogP contribution in [0.15, 0.2) is 30.6 Å². The molecule has 0 atom stereocenters. The molecule has 0 unspecified atom stereocenters. The van der Waals surface area contributed by atoms with Crippen molar-refractivity contribution in [1.82, 2.24) is 9.97 Å². The Morgan fingerprint density at radius 1 is 1.29 bits per heavy atom. The van der Waals surface area contributed by atoms with Gasteiger partial charge in [0, 0.05) is 10.4 Å². The molecule has 6 heteroatoms. The van der Waals surface area contributed by atoms with Gasteiger partial charge in [0.05, 0.1) is 10.4 Å². The summed E-state index contributed by atoms with van der Waals surface area (Å²) in [5, 5.41) is 1.23. The molecule has 0 aliphatic rings. The Morgan fingerprint density at radius 3 is 2.81 bits per heavy atom. The molecule has 3 rings (SSSR count). The van der Waals surface area contributed by atoms with Gasteiger partial charge in [-0.2, -0.15) is 0 Å². The number of aryl methyl sites for hydroxylation is 1. The van der Waals surface area contributed by atoms with Crippen LogP contribution in [-0.4, -0.2) is 15.8 Å². The zero-order chi connectivity index (χ0) is 15.0. The van der Waals surface area contributed by atoms with Crippen LogP contribution < -0.4 is 4.74 Å².